The fourth-order valence-corrected chi connectivity index (χ4v) is 5.25. The number of carbonyl (C=O) groups excluding carboxylic acids is 3. The maximum atomic E-state index is 14.0. The Morgan fingerprint density at radius 3 is 2.49 bits per heavy atom. The average molecular weight is 525 g/mol. The van der Waals surface area contributed by atoms with Gasteiger partial charge in [-0.3, -0.25) is 19.1 Å². The molecule has 1 aromatic heterocycles. The van der Waals surface area contributed by atoms with Gasteiger partial charge in [0, 0.05) is 32.4 Å². The van der Waals surface area contributed by atoms with Gasteiger partial charge in [-0.25, -0.2) is 0 Å². The Bertz CT molecular complexity index is 1440. The van der Waals surface area contributed by atoms with Crippen LogP contribution in [0.25, 0.3) is 0 Å². The lowest BCUT2D eigenvalue weighted by atomic mass is 9.78. The van der Waals surface area contributed by atoms with Crippen LogP contribution in [-0.4, -0.2) is 63.5 Å². The van der Waals surface area contributed by atoms with Gasteiger partial charge in [0.05, 0.1) is 17.5 Å². The highest BCUT2D eigenvalue weighted by Crippen LogP contribution is 2.41. The van der Waals surface area contributed by atoms with Crippen LogP contribution >= 0.6 is 0 Å². The zero-order valence-corrected chi connectivity index (χ0v) is 22.4. The number of hydrogen-bond acceptors (Lipinski definition) is 5. The molecule has 39 heavy (non-hydrogen) atoms. The van der Waals surface area contributed by atoms with Gasteiger partial charge in [0.15, 0.2) is 0 Å². The zero-order valence-electron chi connectivity index (χ0n) is 22.4. The lowest BCUT2D eigenvalue weighted by Gasteiger charge is -2.35. The molecule has 0 bridgehead atoms. The summed E-state index contributed by atoms with van der Waals surface area (Å²) in [4.78, 5) is 43.3. The molecule has 2 aliphatic rings. The second-order valence-corrected chi connectivity index (χ2v) is 10.7. The van der Waals surface area contributed by atoms with E-state index in [0.717, 1.165) is 24.0 Å². The minimum Gasteiger partial charge on any atom is -0.328 e. The van der Waals surface area contributed by atoms with Crippen LogP contribution in [0.2, 0.25) is 0 Å². The van der Waals surface area contributed by atoms with Crippen molar-refractivity contribution >= 4 is 23.4 Å². The fraction of sp³-hybridized carbons (Fsp3) is 0.367. The van der Waals surface area contributed by atoms with Crippen LogP contribution in [-0.2, 0) is 21.4 Å². The number of anilines is 1. The number of rotatable bonds is 9. The van der Waals surface area contributed by atoms with E-state index in [4.69, 9.17) is 0 Å². The summed E-state index contributed by atoms with van der Waals surface area (Å²) in [5.41, 5.74) is 1.71. The average Bonchev–Trinajstić information content (AvgIpc) is 3.63. The molecule has 200 valence electrons. The van der Waals surface area contributed by atoms with E-state index >= 15 is 0 Å². The summed E-state index contributed by atoms with van der Waals surface area (Å²) in [5, 5.41) is 17.5. The Kier molecular flexibility index (Phi) is 6.96. The van der Waals surface area contributed by atoms with Crippen molar-refractivity contribution in [1.29, 1.82) is 5.26 Å². The van der Waals surface area contributed by atoms with E-state index in [1.54, 1.807) is 38.0 Å². The summed E-state index contributed by atoms with van der Waals surface area (Å²) in [6, 6.07) is 19.4. The molecule has 2 aromatic carbocycles. The van der Waals surface area contributed by atoms with Gasteiger partial charge in [-0.05, 0) is 49.4 Å². The van der Waals surface area contributed by atoms with Gasteiger partial charge in [0.25, 0.3) is 5.91 Å². The first-order chi connectivity index (χ1) is 18.7. The second-order valence-electron chi connectivity index (χ2n) is 10.7. The number of benzene rings is 2. The third kappa shape index (κ3) is 5.02. The number of amides is 3. The minimum absolute atomic E-state index is 0.121. The number of likely N-dealkylation sites (N-methyl/N-ethyl adjacent to an activating group) is 2. The maximum Gasteiger partial charge on any atom is 0.274 e. The normalized spacial score (nSPS) is 19.4. The van der Waals surface area contributed by atoms with Gasteiger partial charge in [-0.1, -0.05) is 48.5 Å². The molecular formula is C30H32N6O3. The fourth-order valence-electron chi connectivity index (χ4n) is 5.25. The van der Waals surface area contributed by atoms with E-state index in [2.05, 4.69) is 16.5 Å². The van der Waals surface area contributed by atoms with Crippen molar-refractivity contribution in [3.8, 4) is 6.07 Å². The van der Waals surface area contributed by atoms with E-state index in [1.807, 2.05) is 54.6 Å². The van der Waals surface area contributed by atoms with E-state index in [1.165, 1.54) is 9.80 Å². The molecule has 1 aliphatic carbocycles. The molecule has 2 heterocycles. The quantitative estimate of drug-likeness (QED) is 0.460. The van der Waals surface area contributed by atoms with Crippen LogP contribution in [0.1, 0.15) is 53.8 Å². The Morgan fingerprint density at radius 2 is 1.79 bits per heavy atom. The molecule has 0 saturated heterocycles. The van der Waals surface area contributed by atoms with Crippen molar-refractivity contribution in [1.82, 2.24) is 19.6 Å². The SMILES string of the molecule is CN(C(=O)[C@H](Cc1ccccc1)N(C)C(=O)c1ccn(C2CC2)n1)[C@H](C#N)C[C@@]1(C)C(=O)Nc2ccccc21. The van der Waals surface area contributed by atoms with Gasteiger partial charge in [0.1, 0.15) is 17.8 Å². The molecule has 3 aromatic rings. The predicted octanol–water partition coefficient (Wildman–Crippen LogP) is 3.55. The van der Waals surface area contributed by atoms with Crippen LogP contribution < -0.4 is 5.32 Å². The first-order valence-corrected chi connectivity index (χ1v) is 13.2. The zero-order chi connectivity index (χ0) is 27.7. The molecule has 1 fully saturated rings. The van der Waals surface area contributed by atoms with Crippen molar-refractivity contribution < 1.29 is 14.4 Å². The van der Waals surface area contributed by atoms with Crippen LogP contribution in [0.3, 0.4) is 0 Å². The number of nitriles is 1. The van der Waals surface area contributed by atoms with Crippen LogP contribution in [0, 0.1) is 11.3 Å². The lowest BCUT2D eigenvalue weighted by molar-refractivity contribution is -0.136. The van der Waals surface area contributed by atoms with Gasteiger partial charge >= 0.3 is 0 Å². The highest BCUT2D eigenvalue weighted by atomic mass is 16.2. The van der Waals surface area contributed by atoms with Crippen molar-refractivity contribution in [3.63, 3.8) is 0 Å². The van der Waals surface area contributed by atoms with Crippen molar-refractivity contribution in [2.24, 2.45) is 0 Å². The van der Waals surface area contributed by atoms with Gasteiger partial charge in [-0.2, -0.15) is 10.4 Å². The number of carbonyl (C=O) groups is 3. The number of hydrogen-bond donors (Lipinski definition) is 1. The van der Waals surface area contributed by atoms with Crippen LogP contribution in [0.15, 0.2) is 66.9 Å². The molecule has 3 atom stereocenters. The van der Waals surface area contributed by atoms with E-state index in [9.17, 15) is 19.6 Å². The smallest absolute Gasteiger partial charge is 0.274 e. The monoisotopic (exact) mass is 524 g/mol. The summed E-state index contributed by atoms with van der Waals surface area (Å²) >= 11 is 0. The molecule has 1 aliphatic heterocycles. The predicted molar refractivity (Wildman–Crippen MR) is 146 cm³/mol. The molecule has 3 amide bonds. The molecular weight excluding hydrogens is 492 g/mol. The number of nitrogens with zero attached hydrogens (tertiary/aromatic N) is 5. The third-order valence-corrected chi connectivity index (χ3v) is 7.93. The van der Waals surface area contributed by atoms with Crippen LogP contribution in [0.5, 0.6) is 0 Å². The summed E-state index contributed by atoms with van der Waals surface area (Å²) in [6.07, 6.45) is 4.28. The van der Waals surface area contributed by atoms with Gasteiger partial charge in [-0.15, -0.1) is 0 Å². The number of fused-ring (bicyclic) bond motifs is 1. The Morgan fingerprint density at radius 1 is 1.10 bits per heavy atom. The van der Waals surface area contributed by atoms with E-state index < -0.39 is 17.5 Å². The van der Waals surface area contributed by atoms with Crippen LogP contribution in [0.4, 0.5) is 5.69 Å². The molecule has 0 unspecified atom stereocenters. The molecule has 1 N–H and O–H groups in total. The summed E-state index contributed by atoms with van der Waals surface area (Å²) in [7, 11) is 3.16. The highest BCUT2D eigenvalue weighted by Gasteiger charge is 2.46. The lowest BCUT2D eigenvalue weighted by Crippen LogP contribution is -2.53. The van der Waals surface area contributed by atoms with Crippen molar-refractivity contribution in [3.05, 3.63) is 83.7 Å². The molecule has 5 rings (SSSR count). The topological polar surface area (TPSA) is 111 Å². The number of nitrogens with one attached hydrogen (secondary N) is 1. The second kappa shape index (κ2) is 10.4. The summed E-state index contributed by atoms with van der Waals surface area (Å²) in [6.45, 7) is 1.80. The third-order valence-electron chi connectivity index (χ3n) is 7.93. The Hall–Kier alpha value is -4.45. The highest BCUT2D eigenvalue weighted by molar-refractivity contribution is 6.06. The number of aromatic nitrogens is 2. The number of para-hydroxylation sites is 1. The Balaban J connectivity index is 1.40. The van der Waals surface area contributed by atoms with Crippen molar-refractivity contribution in [2.45, 2.75) is 56.1 Å². The standard InChI is InChI=1S/C30H32N6O3/c1-30(23-11-7-8-12-24(23)32-29(30)39)18-22(19-31)34(2)28(38)26(17-20-9-5-4-6-10-20)35(3)27(37)25-15-16-36(33-25)21-13-14-21/h4-12,15-16,21-22,26H,13-14,17-18H2,1-3H3,(H,32,39)/t22-,26-,30+/m0/s1. The molecule has 9 heteroatoms. The van der Waals surface area contributed by atoms with E-state index in [-0.39, 0.29) is 36.3 Å². The maximum absolute atomic E-state index is 14.0. The first-order valence-electron chi connectivity index (χ1n) is 13.2. The molecule has 9 nitrogen and oxygen atoms in total. The summed E-state index contributed by atoms with van der Waals surface area (Å²) < 4.78 is 1.80. The minimum atomic E-state index is -0.974. The van der Waals surface area contributed by atoms with Gasteiger partial charge < -0.3 is 15.1 Å². The largest absolute Gasteiger partial charge is 0.328 e. The molecule has 0 spiro atoms. The molecule has 0 radical (unpaired) electrons. The van der Waals surface area contributed by atoms with E-state index in [0.29, 0.717) is 11.7 Å². The Labute approximate surface area is 228 Å². The van der Waals surface area contributed by atoms with Gasteiger partial charge in [0.2, 0.25) is 11.8 Å². The van der Waals surface area contributed by atoms with Crippen molar-refractivity contribution in [2.75, 3.05) is 19.4 Å². The first kappa shape index (κ1) is 26.2. The molecule has 1 saturated carbocycles. The summed E-state index contributed by atoms with van der Waals surface area (Å²) in [5.74, 6) is -0.941.